The van der Waals surface area contributed by atoms with Gasteiger partial charge in [0.05, 0.1) is 17.1 Å². The minimum Gasteiger partial charge on any atom is -0.338 e. The summed E-state index contributed by atoms with van der Waals surface area (Å²) in [7, 11) is 1.93. The molecule has 0 unspecified atom stereocenters. The van der Waals surface area contributed by atoms with Crippen molar-refractivity contribution >= 4 is 28.8 Å². The monoisotopic (exact) mass is 349 g/mol. The summed E-state index contributed by atoms with van der Waals surface area (Å²) in [5, 5.41) is 6.68. The van der Waals surface area contributed by atoms with Gasteiger partial charge in [0, 0.05) is 30.1 Å². The van der Waals surface area contributed by atoms with Gasteiger partial charge in [0.15, 0.2) is 0 Å². The van der Waals surface area contributed by atoms with Crippen LogP contribution in [0.5, 0.6) is 0 Å². The molecule has 1 amide bonds. The first kappa shape index (κ1) is 16.4. The summed E-state index contributed by atoms with van der Waals surface area (Å²) in [6, 6.07) is 7.97. The molecule has 2 heterocycles. The van der Waals surface area contributed by atoms with Crippen molar-refractivity contribution in [2.24, 2.45) is 0 Å². The smallest absolute Gasteiger partial charge is 0.228 e. The number of aromatic nitrogens is 1. The minimum absolute atomic E-state index is 0.166. The van der Waals surface area contributed by atoms with Gasteiger partial charge in [-0.2, -0.15) is 0 Å². The van der Waals surface area contributed by atoms with Crippen LogP contribution < -0.4 is 5.32 Å². The van der Waals surface area contributed by atoms with Crippen LogP contribution in [0, 0.1) is 0 Å². The summed E-state index contributed by atoms with van der Waals surface area (Å²) in [6.07, 6.45) is 2.52. The average Bonchev–Trinajstić information content (AvgIpc) is 3.17. The second-order valence-corrected chi connectivity index (χ2v) is 7.01. The van der Waals surface area contributed by atoms with Crippen molar-refractivity contribution in [3.63, 3.8) is 0 Å². The molecular weight excluding hydrogens is 330 g/mol. The SMILES string of the molecule is CNC[C@H]1CCCN1C(=O)Cc1csc(-c2ccccc2Cl)n1. The third-order valence-electron chi connectivity index (χ3n) is 4.13. The molecule has 23 heavy (non-hydrogen) atoms. The number of nitrogens with one attached hydrogen (secondary N) is 1. The number of amides is 1. The quantitative estimate of drug-likeness (QED) is 0.901. The zero-order chi connectivity index (χ0) is 16.2. The highest BCUT2D eigenvalue weighted by atomic mass is 35.5. The van der Waals surface area contributed by atoms with Gasteiger partial charge in [0.2, 0.25) is 5.91 Å². The van der Waals surface area contributed by atoms with Gasteiger partial charge < -0.3 is 10.2 Å². The van der Waals surface area contributed by atoms with Gasteiger partial charge in [0.25, 0.3) is 0 Å². The Bertz CT molecular complexity index is 688. The standard InChI is InChI=1S/C17H20ClN3OS/c1-19-10-13-5-4-8-21(13)16(22)9-12-11-23-17(20-12)14-6-2-3-7-15(14)18/h2-3,6-7,11,13,19H,4-5,8-10H2,1H3/t13-/m1/s1. The Morgan fingerprint density at radius 3 is 3.09 bits per heavy atom. The molecule has 1 fully saturated rings. The minimum atomic E-state index is 0.166. The molecule has 3 rings (SSSR count). The van der Waals surface area contributed by atoms with E-state index < -0.39 is 0 Å². The molecule has 6 heteroatoms. The number of nitrogens with zero attached hydrogens (tertiary/aromatic N) is 2. The molecule has 1 saturated heterocycles. The number of likely N-dealkylation sites (tertiary alicyclic amines) is 1. The molecule has 0 spiro atoms. The maximum absolute atomic E-state index is 12.5. The molecular formula is C17H20ClN3OS. The fourth-order valence-electron chi connectivity index (χ4n) is 3.01. The first-order valence-electron chi connectivity index (χ1n) is 7.82. The maximum Gasteiger partial charge on any atom is 0.228 e. The van der Waals surface area contributed by atoms with Crippen LogP contribution in [-0.2, 0) is 11.2 Å². The molecule has 0 aliphatic carbocycles. The number of hydrogen-bond acceptors (Lipinski definition) is 4. The Labute approximate surface area is 145 Å². The van der Waals surface area contributed by atoms with Crippen molar-refractivity contribution in [3.05, 3.63) is 40.4 Å². The van der Waals surface area contributed by atoms with Crippen molar-refractivity contribution in [2.45, 2.75) is 25.3 Å². The zero-order valence-electron chi connectivity index (χ0n) is 13.1. The summed E-state index contributed by atoms with van der Waals surface area (Å²) in [5.74, 6) is 0.166. The van der Waals surface area contributed by atoms with Crippen molar-refractivity contribution in [1.29, 1.82) is 0 Å². The first-order valence-corrected chi connectivity index (χ1v) is 9.08. The molecule has 2 aromatic rings. The molecule has 1 N–H and O–H groups in total. The Kier molecular flexibility index (Phi) is 5.30. The molecule has 122 valence electrons. The lowest BCUT2D eigenvalue weighted by Gasteiger charge is -2.24. The molecule has 1 aliphatic rings. The van der Waals surface area contributed by atoms with Crippen LogP contribution in [0.15, 0.2) is 29.6 Å². The van der Waals surface area contributed by atoms with E-state index in [0.29, 0.717) is 17.5 Å². The lowest BCUT2D eigenvalue weighted by Crippen LogP contribution is -2.41. The highest BCUT2D eigenvalue weighted by molar-refractivity contribution is 7.13. The summed E-state index contributed by atoms with van der Waals surface area (Å²) in [5.41, 5.74) is 1.75. The third kappa shape index (κ3) is 3.74. The first-order chi connectivity index (χ1) is 11.2. The van der Waals surface area contributed by atoms with Gasteiger partial charge in [-0.15, -0.1) is 11.3 Å². The Morgan fingerprint density at radius 1 is 1.48 bits per heavy atom. The highest BCUT2D eigenvalue weighted by Gasteiger charge is 2.28. The molecule has 1 aliphatic heterocycles. The summed E-state index contributed by atoms with van der Waals surface area (Å²) in [6.45, 7) is 1.71. The number of carbonyl (C=O) groups is 1. The Morgan fingerprint density at radius 2 is 2.30 bits per heavy atom. The maximum atomic E-state index is 12.5. The van der Waals surface area contributed by atoms with E-state index in [1.807, 2.05) is 41.6 Å². The summed E-state index contributed by atoms with van der Waals surface area (Å²) < 4.78 is 0. The fourth-order valence-corrected chi connectivity index (χ4v) is 4.15. The molecule has 0 radical (unpaired) electrons. The van der Waals surface area contributed by atoms with E-state index in [9.17, 15) is 4.79 Å². The zero-order valence-corrected chi connectivity index (χ0v) is 14.7. The molecule has 1 aromatic carbocycles. The lowest BCUT2D eigenvalue weighted by atomic mass is 10.2. The van der Waals surface area contributed by atoms with Gasteiger partial charge in [-0.25, -0.2) is 4.98 Å². The molecule has 0 saturated carbocycles. The molecule has 0 bridgehead atoms. The van der Waals surface area contributed by atoms with Crippen LogP contribution in [0.2, 0.25) is 5.02 Å². The average molecular weight is 350 g/mol. The van der Waals surface area contributed by atoms with Crippen molar-refractivity contribution < 1.29 is 4.79 Å². The Balaban J connectivity index is 1.69. The van der Waals surface area contributed by atoms with E-state index in [-0.39, 0.29) is 5.91 Å². The van der Waals surface area contributed by atoms with Crippen LogP contribution in [0.3, 0.4) is 0 Å². The van der Waals surface area contributed by atoms with Crippen LogP contribution in [-0.4, -0.2) is 42.0 Å². The van der Waals surface area contributed by atoms with Crippen molar-refractivity contribution in [3.8, 4) is 10.6 Å². The van der Waals surface area contributed by atoms with Gasteiger partial charge >= 0.3 is 0 Å². The number of halogens is 1. The number of benzene rings is 1. The van der Waals surface area contributed by atoms with E-state index in [1.54, 1.807) is 0 Å². The lowest BCUT2D eigenvalue weighted by molar-refractivity contribution is -0.131. The summed E-state index contributed by atoms with van der Waals surface area (Å²) >= 11 is 7.75. The number of thiazole rings is 1. The van der Waals surface area contributed by atoms with Gasteiger partial charge in [0.1, 0.15) is 5.01 Å². The van der Waals surface area contributed by atoms with Gasteiger partial charge in [-0.1, -0.05) is 29.8 Å². The third-order valence-corrected chi connectivity index (χ3v) is 5.38. The second kappa shape index (κ2) is 7.43. The molecule has 1 atom stereocenters. The van der Waals surface area contributed by atoms with E-state index >= 15 is 0 Å². The van der Waals surface area contributed by atoms with Crippen LogP contribution in [0.25, 0.3) is 10.6 Å². The molecule has 1 aromatic heterocycles. The fraction of sp³-hybridized carbons (Fsp3) is 0.412. The van der Waals surface area contributed by atoms with E-state index in [1.165, 1.54) is 11.3 Å². The number of carbonyl (C=O) groups excluding carboxylic acids is 1. The predicted molar refractivity (Wildman–Crippen MR) is 94.9 cm³/mol. The number of likely N-dealkylation sites (N-methyl/N-ethyl adjacent to an activating group) is 1. The van der Waals surface area contributed by atoms with Gasteiger partial charge in [-0.05, 0) is 26.0 Å². The second-order valence-electron chi connectivity index (χ2n) is 5.74. The normalized spacial score (nSPS) is 17.7. The van der Waals surface area contributed by atoms with Crippen LogP contribution >= 0.6 is 22.9 Å². The van der Waals surface area contributed by atoms with E-state index in [0.717, 1.165) is 42.2 Å². The molecule has 4 nitrogen and oxygen atoms in total. The topological polar surface area (TPSA) is 45.2 Å². The van der Waals surface area contributed by atoms with E-state index in [2.05, 4.69) is 10.3 Å². The Hall–Kier alpha value is -1.43. The van der Waals surface area contributed by atoms with Crippen LogP contribution in [0.1, 0.15) is 18.5 Å². The highest BCUT2D eigenvalue weighted by Crippen LogP contribution is 2.30. The summed E-state index contributed by atoms with van der Waals surface area (Å²) in [4.78, 5) is 19.1. The largest absolute Gasteiger partial charge is 0.338 e. The van der Waals surface area contributed by atoms with Gasteiger partial charge in [-0.3, -0.25) is 4.79 Å². The number of rotatable bonds is 5. The van der Waals surface area contributed by atoms with Crippen molar-refractivity contribution in [1.82, 2.24) is 15.2 Å². The predicted octanol–water partition coefficient (Wildman–Crippen LogP) is 3.22. The van der Waals surface area contributed by atoms with Crippen molar-refractivity contribution in [2.75, 3.05) is 20.1 Å². The van der Waals surface area contributed by atoms with Crippen LogP contribution in [0.4, 0.5) is 0 Å². The van der Waals surface area contributed by atoms with E-state index in [4.69, 9.17) is 11.6 Å². The number of hydrogen-bond donors (Lipinski definition) is 1.